The predicted molar refractivity (Wildman–Crippen MR) is 54.9 cm³/mol. The zero-order valence-corrected chi connectivity index (χ0v) is 9.41. The number of carbonyl (C=O) groups is 1. The number of nitrogens with one attached hydrogen (secondary N) is 1. The van der Waals surface area contributed by atoms with Gasteiger partial charge in [-0.05, 0) is 20.3 Å². The summed E-state index contributed by atoms with van der Waals surface area (Å²) < 4.78 is 4.65. The number of esters is 1. The third kappa shape index (κ3) is 4.58. The van der Waals surface area contributed by atoms with Crippen molar-refractivity contribution >= 4 is 5.97 Å². The second-order valence-electron chi connectivity index (χ2n) is 3.68. The molecule has 0 rings (SSSR count). The van der Waals surface area contributed by atoms with Crippen LogP contribution < -0.4 is 5.32 Å². The van der Waals surface area contributed by atoms with Gasteiger partial charge in [0.15, 0.2) is 0 Å². The molecule has 0 saturated carbocycles. The maximum atomic E-state index is 11.2. The van der Waals surface area contributed by atoms with Gasteiger partial charge in [0.1, 0.15) is 0 Å². The van der Waals surface area contributed by atoms with Crippen LogP contribution in [0, 0.1) is 5.92 Å². The molecule has 0 amide bonds. The van der Waals surface area contributed by atoms with Gasteiger partial charge in [0.25, 0.3) is 0 Å². The molecule has 0 bridgehead atoms. The van der Waals surface area contributed by atoms with Crippen molar-refractivity contribution in [1.82, 2.24) is 5.32 Å². The Morgan fingerprint density at radius 1 is 1.43 bits per heavy atom. The van der Waals surface area contributed by atoms with Gasteiger partial charge in [-0.25, -0.2) is 0 Å². The lowest BCUT2D eigenvalue weighted by molar-refractivity contribution is -0.145. The third-order valence-corrected chi connectivity index (χ3v) is 2.43. The van der Waals surface area contributed by atoms with Crippen LogP contribution in [-0.2, 0) is 9.53 Å². The Morgan fingerprint density at radius 3 is 2.43 bits per heavy atom. The number of hydrogen-bond donors (Lipinski definition) is 2. The summed E-state index contributed by atoms with van der Waals surface area (Å²) >= 11 is 0. The summed E-state index contributed by atoms with van der Waals surface area (Å²) in [6.45, 7) is 5.91. The lowest BCUT2D eigenvalue weighted by atomic mass is 10.0. The average Bonchev–Trinajstić information content (AvgIpc) is 2.15. The zero-order valence-electron chi connectivity index (χ0n) is 9.41. The lowest BCUT2D eigenvalue weighted by Crippen LogP contribution is -2.42. The minimum Gasteiger partial charge on any atom is -0.469 e. The second-order valence-corrected chi connectivity index (χ2v) is 3.68. The predicted octanol–water partition coefficient (Wildman–Crippen LogP) is 0.544. The first-order valence-electron chi connectivity index (χ1n) is 4.97. The van der Waals surface area contributed by atoms with Crippen LogP contribution in [0.1, 0.15) is 27.2 Å². The fourth-order valence-corrected chi connectivity index (χ4v) is 1.26. The molecule has 3 atom stereocenters. The summed E-state index contributed by atoms with van der Waals surface area (Å²) in [5, 5.41) is 11.9. The van der Waals surface area contributed by atoms with E-state index in [2.05, 4.69) is 10.1 Å². The summed E-state index contributed by atoms with van der Waals surface area (Å²) in [5.74, 6) is -0.373. The Labute approximate surface area is 85.6 Å². The normalized spacial score (nSPS) is 17.2. The standard InChI is InChI=1S/C10H21NO3/c1-7(5-6-12)11-9(3)8(2)10(13)14-4/h7-9,11-12H,5-6H2,1-4H3. The van der Waals surface area contributed by atoms with Crippen molar-refractivity contribution in [2.45, 2.75) is 39.3 Å². The van der Waals surface area contributed by atoms with E-state index in [-0.39, 0.29) is 30.6 Å². The first-order chi connectivity index (χ1) is 6.52. The SMILES string of the molecule is COC(=O)C(C)C(C)NC(C)CCO. The van der Waals surface area contributed by atoms with E-state index < -0.39 is 0 Å². The fourth-order valence-electron chi connectivity index (χ4n) is 1.26. The average molecular weight is 203 g/mol. The molecule has 0 fully saturated rings. The van der Waals surface area contributed by atoms with E-state index in [1.54, 1.807) is 0 Å². The minimum atomic E-state index is -0.207. The molecular formula is C10H21NO3. The molecule has 0 spiro atoms. The van der Waals surface area contributed by atoms with E-state index in [1.165, 1.54) is 7.11 Å². The van der Waals surface area contributed by atoms with E-state index in [4.69, 9.17) is 5.11 Å². The van der Waals surface area contributed by atoms with Crippen LogP contribution in [0.2, 0.25) is 0 Å². The molecule has 0 aliphatic rings. The van der Waals surface area contributed by atoms with Crippen LogP contribution in [-0.4, -0.2) is 36.9 Å². The number of ether oxygens (including phenoxy) is 1. The summed E-state index contributed by atoms with van der Waals surface area (Å²) in [4.78, 5) is 11.2. The Balaban J connectivity index is 3.93. The van der Waals surface area contributed by atoms with Crippen LogP contribution in [0.4, 0.5) is 0 Å². The maximum Gasteiger partial charge on any atom is 0.309 e. The number of rotatable bonds is 6. The monoisotopic (exact) mass is 203 g/mol. The van der Waals surface area contributed by atoms with Gasteiger partial charge in [0.2, 0.25) is 0 Å². The molecule has 2 N–H and O–H groups in total. The van der Waals surface area contributed by atoms with Crippen molar-refractivity contribution in [1.29, 1.82) is 0 Å². The highest BCUT2D eigenvalue weighted by Gasteiger charge is 2.21. The number of aliphatic hydroxyl groups is 1. The quantitative estimate of drug-likeness (QED) is 0.619. The van der Waals surface area contributed by atoms with Crippen molar-refractivity contribution in [3.05, 3.63) is 0 Å². The van der Waals surface area contributed by atoms with Gasteiger partial charge in [0, 0.05) is 18.7 Å². The molecule has 3 unspecified atom stereocenters. The third-order valence-electron chi connectivity index (χ3n) is 2.43. The first-order valence-corrected chi connectivity index (χ1v) is 4.97. The van der Waals surface area contributed by atoms with E-state index in [9.17, 15) is 4.79 Å². The van der Waals surface area contributed by atoms with Gasteiger partial charge in [-0.2, -0.15) is 0 Å². The molecule has 0 aromatic carbocycles. The van der Waals surface area contributed by atoms with Crippen LogP contribution in [0.3, 0.4) is 0 Å². The van der Waals surface area contributed by atoms with E-state index in [0.717, 1.165) is 0 Å². The molecule has 4 nitrogen and oxygen atoms in total. The number of hydrogen-bond acceptors (Lipinski definition) is 4. The molecule has 0 aromatic heterocycles. The zero-order chi connectivity index (χ0) is 11.1. The molecule has 0 aliphatic heterocycles. The van der Waals surface area contributed by atoms with Gasteiger partial charge >= 0.3 is 5.97 Å². The smallest absolute Gasteiger partial charge is 0.309 e. The Bertz CT molecular complexity index is 173. The topological polar surface area (TPSA) is 58.6 Å². The van der Waals surface area contributed by atoms with Crippen LogP contribution in [0.25, 0.3) is 0 Å². The molecular weight excluding hydrogens is 182 g/mol. The molecule has 0 aromatic rings. The van der Waals surface area contributed by atoms with E-state index in [1.807, 2.05) is 20.8 Å². The molecule has 84 valence electrons. The van der Waals surface area contributed by atoms with Crippen LogP contribution >= 0.6 is 0 Å². The van der Waals surface area contributed by atoms with Gasteiger partial charge in [0.05, 0.1) is 13.0 Å². The first kappa shape index (κ1) is 13.4. The van der Waals surface area contributed by atoms with Crippen molar-refractivity contribution in [3.8, 4) is 0 Å². The van der Waals surface area contributed by atoms with E-state index >= 15 is 0 Å². The highest BCUT2D eigenvalue weighted by molar-refractivity contribution is 5.72. The Morgan fingerprint density at radius 2 is 2.00 bits per heavy atom. The minimum absolute atomic E-state index is 0.0593. The van der Waals surface area contributed by atoms with Crippen molar-refractivity contribution < 1.29 is 14.6 Å². The number of aliphatic hydroxyl groups excluding tert-OH is 1. The van der Waals surface area contributed by atoms with Crippen molar-refractivity contribution in [2.24, 2.45) is 5.92 Å². The number of methoxy groups -OCH3 is 1. The van der Waals surface area contributed by atoms with Gasteiger partial charge in [-0.1, -0.05) is 6.92 Å². The van der Waals surface area contributed by atoms with Crippen LogP contribution in [0.15, 0.2) is 0 Å². The summed E-state index contributed by atoms with van der Waals surface area (Å²) in [6, 6.07) is 0.270. The summed E-state index contributed by atoms with van der Waals surface area (Å²) in [6.07, 6.45) is 0.693. The Hall–Kier alpha value is -0.610. The molecule has 4 heteroatoms. The molecule has 0 heterocycles. The highest BCUT2D eigenvalue weighted by atomic mass is 16.5. The van der Waals surface area contributed by atoms with Crippen LogP contribution in [0.5, 0.6) is 0 Å². The highest BCUT2D eigenvalue weighted by Crippen LogP contribution is 2.06. The summed E-state index contributed by atoms with van der Waals surface area (Å²) in [5.41, 5.74) is 0. The molecule has 14 heavy (non-hydrogen) atoms. The second kappa shape index (κ2) is 6.79. The molecule has 0 saturated heterocycles. The van der Waals surface area contributed by atoms with Crippen molar-refractivity contribution in [2.75, 3.05) is 13.7 Å². The summed E-state index contributed by atoms with van der Waals surface area (Å²) in [7, 11) is 1.39. The fraction of sp³-hybridized carbons (Fsp3) is 0.900. The van der Waals surface area contributed by atoms with Crippen molar-refractivity contribution in [3.63, 3.8) is 0 Å². The van der Waals surface area contributed by atoms with Gasteiger partial charge < -0.3 is 15.2 Å². The Kier molecular flexibility index (Phi) is 6.49. The maximum absolute atomic E-state index is 11.2. The largest absolute Gasteiger partial charge is 0.469 e. The van der Waals surface area contributed by atoms with Gasteiger partial charge in [-0.3, -0.25) is 4.79 Å². The van der Waals surface area contributed by atoms with E-state index in [0.29, 0.717) is 6.42 Å². The number of carbonyl (C=O) groups excluding carboxylic acids is 1. The molecule has 0 radical (unpaired) electrons. The van der Waals surface area contributed by atoms with Gasteiger partial charge in [-0.15, -0.1) is 0 Å². The molecule has 0 aliphatic carbocycles. The lowest BCUT2D eigenvalue weighted by Gasteiger charge is -2.23.